The number of nitrogens with one attached hydrogen (secondary N) is 1. The number of hydrogen-bond acceptors (Lipinski definition) is 3. The van der Waals surface area contributed by atoms with E-state index in [1.807, 2.05) is 6.92 Å². The normalized spacial score (nSPS) is 18.6. The number of ether oxygens (including phenoxy) is 1. The standard InChI is InChI=1S/C17H25NO2/c1-6-20-15(19)10-8-12-7-9-13-14(11-12)17(4,5)18-16(13,2)3/h7,9,11,18H,6,8,10H2,1-5H3. The molecule has 1 aliphatic heterocycles. The van der Waals surface area contributed by atoms with Crippen molar-refractivity contribution in [3.05, 3.63) is 34.9 Å². The van der Waals surface area contributed by atoms with Gasteiger partial charge in [-0.05, 0) is 57.7 Å². The number of hydrogen-bond donors (Lipinski definition) is 1. The molecule has 0 spiro atoms. The molecule has 0 fully saturated rings. The van der Waals surface area contributed by atoms with Crippen LogP contribution in [0.1, 0.15) is 57.7 Å². The van der Waals surface area contributed by atoms with E-state index in [1.165, 1.54) is 16.7 Å². The molecule has 3 nitrogen and oxygen atoms in total. The fourth-order valence-electron chi connectivity index (χ4n) is 3.20. The molecular formula is C17H25NO2. The molecule has 0 aliphatic carbocycles. The monoisotopic (exact) mass is 275 g/mol. The van der Waals surface area contributed by atoms with E-state index >= 15 is 0 Å². The Morgan fingerprint density at radius 2 is 1.80 bits per heavy atom. The molecule has 0 bridgehead atoms. The van der Waals surface area contributed by atoms with Gasteiger partial charge in [-0.25, -0.2) is 0 Å². The third-order valence-electron chi connectivity index (χ3n) is 3.98. The van der Waals surface area contributed by atoms with Gasteiger partial charge in [0.15, 0.2) is 0 Å². The molecule has 2 rings (SSSR count). The smallest absolute Gasteiger partial charge is 0.306 e. The highest BCUT2D eigenvalue weighted by molar-refractivity contribution is 5.69. The first-order chi connectivity index (χ1) is 9.26. The molecule has 110 valence electrons. The lowest BCUT2D eigenvalue weighted by Crippen LogP contribution is -2.39. The average molecular weight is 275 g/mol. The zero-order valence-electron chi connectivity index (χ0n) is 13.2. The highest BCUT2D eigenvalue weighted by atomic mass is 16.5. The lowest BCUT2D eigenvalue weighted by Gasteiger charge is -2.25. The number of carbonyl (C=O) groups excluding carboxylic acids is 1. The van der Waals surface area contributed by atoms with Crippen LogP contribution >= 0.6 is 0 Å². The van der Waals surface area contributed by atoms with Crippen LogP contribution in [0.2, 0.25) is 0 Å². The molecule has 0 atom stereocenters. The maximum absolute atomic E-state index is 11.4. The number of benzene rings is 1. The second-order valence-electron chi connectivity index (χ2n) is 6.56. The summed E-state index contributed by atoms with van der Waals surface area (Å²) in [6.07, 6.45) is 1.19. The zero-order valence-corrected chi connectivity index (χ0v) is 13.2. The highest BCUT2D eigenvalue weighted by Crippen LogP contribution is 2.41. The number of esters is 1. The van der Waals surface area contributed by atoms with Gasteiger partial charge in [0, 0.05) is 17.5 Å². The Labute approximate surface area is 121 Å². The van der Waals surface area contributed by atoms with Gasteiger partial charge in [-0.3, -0.25) is 10.1 Å². The van der Waals surface area contributed by atoms with E-state index in [-0.39, 0.29) is 17.0 Å². The molecule has 1 aliphatic rings. The second-order valence-corrected chi connectivity index (χ2v) is 6.56. The van der Waals surface area contributed by atoms with Crippen LogP contribution in [0.25, 0.3) is 0 Å². The molecule has 20 heavy (non-hydrogen) atoms. The lowest BCUT2D eigenvalue weighted by atomic mass is 9.88. The average Bonchev–Trinajstić information content (AvgIpc) is 2.53. The van der Waals surface area contributed by atoms with Gasteiger partial charge in [0.1, 0.15) is 0 Å². The Bertz CT molecular complexity index is 518. The zero-order chi connectivity index (χ0) is 15.0. The number of carbonyl (C=O) groups is 1. The fraction of sp³-hybridized carbons (Fsp3) is 0.588. The molecule has 1 aromatic rings. The molecule has 0 amide bonds. The largest absolute Gasteiger partial charge is 0.466 e. The van der Waals surface area contributed by atoms with E-state index in [4.69, 9.17) is 4.74 Å². The molecule has 1 aromatic carbocycles. The van der Waals surface area contributed by atoms with Crippen LogP contribution < -0.4 is 5.32 Å². The van der Waals surface area contributed by atoms with Crippen LogP contribution in [0, 0.1) is 0 Å². The molecule has 0 saturated carbocycles. The van der Waals surface area contributed by atoms with Gasteiger partial charge in [0.2, 0.25) is 0 Å². The van der Waals surface area contributed by atoms with Crippen LogP contribution in [-0.4, -0.2) is 12.6 Å². The molecular weight excluding hydrogens is 250 g/mol. The van der Waals surface area contributed by atoms with E-state index in [9.17, 15) is 4.79 Å². The molecule has 0 aromatic heterocycles. The maximum atomic E-state index is 11.4. The van der Waals surface area contributed by atoms with Gasteiger partial charge in [-0.15, -0.1) is 0 Å². The van der Waals surface area contributed by atoms with Crippen molar-refractivity contribution < 1.29 is 9.53 Å². The summed E-state index contributed by atoms with van der Waals surface area (Å²) in [5.41, 5.74) is 3.85. The van der Waals surface area contributed by atoms with Crippen molar-refractivity contribution >= 4 is 5.97 Å². The summed E-state index contributed by atoms with van der Waals surface area (Å²) in [5, 5.41) is 3.66. The van der Waals surface area contributed by atoms with Crippen molar-refractivity contribution in [3.63, 3.8) is 0 Å². The number of fused-ring (bicyclic) bond motifs is 1. The molecule has 1 N–H and O–H groups in total. The molecule has 1 heterocycles. The van der Waals surface area contributed by atoms with Crippen LogP contribution in [0.4, 0.5) is 0 Å². The lowest BCUT2D eigenvalue weighted by molar-refractivity contribution is -0.143. The number of rotatable bonds is 4. The van der Waals surface area contributed by atoms with Crippen molar-refractivity contribution in [1.82, 2.24) is 5.32 Å². The van der Waals surface area contributed by atoms with E-state index < -0.39 is 0 Å². The Balaban J connectivity index is 2.18. The third-order valence-corrected chi connectivity index (χ3v) is 3.98. The van der Waals surface area contributed by atoms with Gasteiger partial charge < -0.3 is 4.74 Å². The Kier molecular flexibility index (Phi) is 3.92. The van der Waals surface area contributed by atoms with Gasteiger partial charge >= 0.3 is 5.97 Å². The summed E-state index contributed by atoms with van der Waals surface area (Å²) < 4.78 is 4.98. The maximum Gasteiger partial charge on any atom is 0.306 e. The minimum Gasteiger partial charge on any atom is -0.466 e. The van der Waals surface area contributed by atoms with Gasteiger partial charge in [-0.1, -0.05) is 18.2 Å². The van der Waals surface area contributed by atoms with Crippen molar-refractivity contribution in [2.45, 2.75) is 58.5 Å². The molecule has 0 unspecified atom stereocenters. The quantitative estimate of drug-likeness (QED) is 0.857. The first-order valence-corrected chi connectivity index (χ1v) is 7.35. The minimum absolute atomic E-state index is 0.00148. The van der Waals surface area contributed by atoms with Gasteiger partial charge in [-0.2, -0.15) is 0 Å². The molecule has 3 heteroatoms. The van der Waals surface area contributed by atoms with Crippen LogP contribution in [-0.2, 0) is 27.0 Å². The number of aryl methyl sites for hydroxylation is 1. The predicted molar refractivity (Wildman–Crippen MR) is 80.6 cm³/mol. The van der Waals surface area contributed by atoms with E-state index in [2.05, 4.69) is 51.2 Å². The summed E-state index contributed by atoms with van der Waals surface area (Å²) in [5.74, 6) is -0.120. The van der Waals surface area contributed by atoms with Crippen LogP contribution in [0.15, 0.2) is 18.2 Å². The van der Waals surface area contributed by atoms with E-state index in [0.29, 0.717) is 13.0 Å². The Morgan fingerprint density at radius 3 is 2.45 bits per heavy atom. The fourth-order valence-corrected chi connectivity index (χ4v) is 3.20. The first kappa shape index (κ1) is 15.0. The van der Waals surface area contributed by atoms with Crippen LogP contribution in [0.3, 0.4) is 0 Å². The third kappa shape index (κ3) is 2.88. The van der Waals surface area contributed by atoms with E-state index in [1.54, 1.807) is 0 Å². The van der Waals surface area contributed by atoms with Gasteiger partial charge in [0.25, 0.3) is 0 Å². The van der Waals surface area contributed by atoms with Crippen molar-refractivity contribution in [2.75, 3.05) is 6.61 Å². The molecule has 0 radical (unpaired) electrons. The Hall–Kier alpha value is -1.35. The topological polar surface area (TPSA) is 38.3 Å². The van der Waals surface area contributed by atoms with Gasteiger partial charge in [0.05, 0.1) is 6.61 Å². The van der Waals surface area contributed by atoms with Crippen molar-refractivity contribution in [1.29, 1.82) is 0 Å². The summed E-state index contributed by atoms with van der Waals surface area (Å²) in [6, 6.07) is 6.55. The minimum atomic E-state index is -0.120. The van der Waals surface area contributed by atoms with Crippen molar-refractivity contribution in [3.8, 4) is 0 Å². The summed E-state index contributed by atoms with van der Waals surface area (Å²) >= 11 is 0. The second kappa shape index (κ2) is 5.21. The highest BCUT2D eigenvalue weighted by Gasteiger charge is 2.40. The first-order valence-electron chi connectivity index (χ1n) is 7.35. The summed E-state index contributed by atoms with van der Waals surface area (Å²) in [7, 11) is 0. The summed E-state index contributed by atoms with van der Waals surface area (Å²) in [6.45, 7) is 11.1. The Morgan fingerprint density at radius 1 is 1.15 bits per heavy atom. The van der Waals surface area contributed by atoms with E-state index in [0.717, 1.165) is 6.42 Å². The predicted octanol–water partition coefficient (Wildman–Crippen LogP) is 3.26. The SMILES string of the molecule is CCOC(=O)CCc1ccc2c(c1)C(C)(C)NC2(C)C. The molecule has 0 saturated heterocycles. The van der Waals surface area contributed by atoms with Crippen LogP contribution in [0.5, 0.6) is 0 Å². The van der Waals surface area contributed by atoms with Crippen molar-refractivity contribution in [2.24, 2.45) is 0 Å². The summed E-state index contributed by atoms with van der Waals surface area (Å²) in [4.78, 5) is 11.4.